The van der Waals surface area contributed by atoms with Crippen LogP contribution in [0.4, 0.5) is 5.69 Å². The molecular formula is C12H10Cl2N2OS. The summed E-state index contributed by atoms with van der Waals surface area (Å²) in [6.07, 6.45) is 0.276. The SMILES string of the molecule is Cc1ncsc1CC(=O)Nc1c(Cl)cccc1Cl. The van der Waals surface area contributed by atoms with Gasteiger partial charge in [-0.25, -0.2) is 4.98 Å². The van der Waals surface area contributed by atoms with Crippen molar-refractivity contribution in [1.82, 2.24) is 4.98 Å². The van der Waals surface area contributed by atoms with Crippen LogP contribution in [0.25, 0.3) is 0 Å². The second-order valence-corrected chi connectivity index (χ2v) is 5.44. The standard InChI is InChI=1S/C12H10Cl2N2OS/c1-7-10(18-6-15-7)5-11(17)16-12-8(13)3-2-4-9(12)14/h2-4,6H,5H2,1H3,(H,16,17). The predicted octanol–water partition coefficient (Wildman–Crippen LogP) is 3.94. The van der Waals surface area contributed by atoms with Gasteiger partial charge in [-0.1, -0.05) is 29.3 Å². The van der Waals surface area contributed by atoms with E-state index < -0.39 is 0 Å². The lowest BCUT2D eigenvalue weighted by atomic mass is 10.2. The number of halogens is 2. The van der Waals surface area contributed by atoms with Crippen LogP contribution in [0.15, 0.2) is 23.7 Å². The number of aryl methyl sites for hydroxylation is 1. The average molecular weight is 301 g/mol. The van der Waals surface area contributed by atoms with E-state index in [0.717, 1.165) is 10.6 Å². The van der Waals surface area contributed by atoms with Crippen molar-refractivity contribution in [3.8, 4) is 0 Å². The quantitative estimate of drug-likeness (QED) is 0.933. The molecule has 0 spiro atoms. The molecule has 1 aromatic heterocycles. The highest BCUT2D eigenvalue weighted by molar-refractivity contribution is 7.09. The van der Waals surface area contributed by atoms with Gasteiger partial charge in [-0.2, -0.15) is 0 Å². The second-order valence-electron chi connectivity index (χ2n) is 3.68. The molecule has 3 nitrogen and oxygen atoms in total. The molecule has 0 aliphatic heterocycles. The van der Waals surface area contributed by atoms with Crippen LogP contribution in [-0.4, -0.2) is 10.9 Å². The zero-order valence-corrected chi connectivity index (χ0v) is 11.9. The Labute approximate surface area is 119 Å². The molecule has 1 heterocycles. The summed E-state index contributed by atoms with van der Waals surface area (Å²) in [5.74, 6) is -0.155. The number of nitrogens with zero attached hydrogens (tertiary/aromatic N) is 1. The van der Waals surface area contributed by atoms with Crippen LogP contribution in [0, 0.1) is 6.92 Å². The normalized spacial score (nSPS) is 10.4. The summed E-state index contributed by atoms with van der Waals surface area (Å²) < 4.78 is 0. The molecule has 0 bridgehead atoms. The first kappa shape index (κ1) is 13.3. The Morgan fingerprint density at radius 1 is 1.39 bits per heavy atom. The number of rotatable bonds is 3. The molecule has 0 atom stereocenters. The number of anilines is 1. The summed E-state index contributed by atoms with van der Waals surface area (Å²) in [5, 5.41) is 3.58. The molecule has 0 unspecified atom stereocenters. The van der Waals surface area contributed by atoms with Gasteiger partial charge in [-0.05, 0) is 19.1 Å². The molecule has 1 amide bonds. The van der Waals surface area contributed by atoms with Crippen molar-refractivity contribution in [1.29, 1.82) is 0 Å². The molecule has 0 saturated carbocycles. The summed E-state index contributed by atoms with van der Waals surface area (Å²) in [7, 11) is 0. The zero-order chi connectivity index (χ0) is 13.1. The van der Waals surface area contributed by atoms with E-state index in [1.54, 1.807) is 23.7 Å². The van der Waals surface area contributed by atoms with Crippen LogP contribution in [0.2, 0.25) is 10.0 Å². The molecule has 94 valence electrons. The lowest BCUT2D eigenvalue weighted by Gasteiger charge is -2.08. The van der Waals surface area contributed by atoms with Gasteiger partial charge in [0.15, 0.2) is 0 Å². The molecule has 1 N–H and O–H groups in total. The molecule has 0 aliphatic rings. The van der Waals surface area contributed by atoms with Gasteiger partial charge in [0.2, 0.25) is 5.91 Å². The first-order valence-electron chi connectivity index (χ1n) is 5.20. The number of para-hydroxylation sites is 1. The molecule has 0 aliphatic carbocycles. The number of amides is 1. The van der Waals surface area contributed by atoms with Gasteiger partial charge >= 0.3 is 0 Å². The maximum absolute atomic E-state index is 11.9. The van der Waals surface area contributed by atoms with Crippen LogP contribution >= 0.6 is 34.5 Å². The zero-order valence-electron chi connectivity index (χ0n) is 9.54. The van der Waals surface area contributed by atoms with E-state index >= 15 is 0 Å². The van der Waals surface area contributed by atoms with Gasteiger partial charge in [0.1, 0.15) is 0 Å². The number of thiazole rings is 1. The predicted molar refractivity (Wildman–Crippen MR) is 75.6 cm³/mol. The van der Waals surface area contributed by atoms with Crippen molar-refractivity contribution in [2.75, 3.05) is 5.32 Å². The first-order valence-corrected chi connectivity index (χ1v) is 6.84. The highest BCUT2D eigenvalue weighted by Crippen LogP contribution is 2.30. The summed E-state index contributed by atoms with van der Waals surface area (Å²) in [6.45, 7) is 1.88. The molecule has 18 heavy (non-hydrogen) atoms. The third-order valence-electron chi connectivity index (χ3n) is 2.39. The second kappa shape index (κ2) is 5.69. The minimum atomic E-state index is -0.155. The average Bonchev–Trinajstić information content (AvgIpc) is 2.70. The minimum absolute atomic E-state index is 0.155. The van der Waals surface area contributed by atoms with Crippen LogP contribution < -0.4 is 5.32 Å². The van der Waals surface area contributed by atoms with Gasteiger partial charge < -0.3 is 5.32 Å². The molecule has 0 fully saturated rings. The molecular weight excluding hydrogens is 291 g/mol. The van der Waals surface area contributed by atoms with E-state index in [1.807, 2.05) is 6.92 Å². The van der Waals surface area contributed by atoms with Crippen molar-refractivity contribution in [2.45, 2.75) is 13.3 Å². The van der Waals surface area contributed by atoms with Gasteiger partial charge in [-0.3, -0.25) is 4.79 Å². The lowest BCUT2D eigenvalue weighted by Crippen LogP contribution is -2.14. The van der Waals surface area contributed by atoms with E-state index in [9.17, 15) is 4.79 Å². The third-order valence-corrected chi connectivity index (χ3v) is 3.96. The van der Waals surface area contributed by atoms with E-state index in [2.05, 4.69) is 10.3 Å². The van der Waals surface area contributed by atoms with Crippen LogP contribution in [0.5, 0.6) is 0 Å². The molecule has 0 radical (unpaired) electrons. The molecule has 6 heteroatoms. The van der Waals surface area contributed by atoms with Crippen molar-refractivity contribution >= 4 is 46.1 Å². The number of benzene rings is 1. The molecule has 2 rings (SSSR count). The Morgan fingerprint density at radius 3 is 2.61 bits per heavy atom. The number of carbonyl (C=O) groups excluding carboxylic acids is 1. The summed E-state index contributed by atoms with van der Waals surface area (Å²) >= 11 is 13.4. The molecule has 1 aromatic carbocycles. The van der Waals surface area contributed by atoms with Crippen LogP contribution in [0.1, 0.15) is 10.6 Å². The highest BCUT2D eigenvalue weighted by atomic mass is 35.5. The lowest BCUT2D eigenvalue weighted by molar-refractivity contribution is -0.115. The smallest absolute Gasteiger partial charge is 0.229 e. The Morgan fingerprint density at radius 2 is 2.06 bits per heavy atom. The van der Waals surface area contributed by atoms with Crippen molar-refractivity contribution in [2.24, 2.45) is 0 Å². The number of aromatic nitrogens is 1. The first-order chi connectivity index (χ1) is 8.58. The molecule has 2 aromatic rings. The van der Waals surface area contributed by atoms with Gasteiger partial charge in [-0.15, -0.1) is 11.3 Å². The topological polar surface area (TPSA) is 42.0 Å². The van der Waals surface area contributed by atoms with E-state index in [-0.39, 0.29) is 12.3 Å². The Kier molecular flexibility index (Phi) is 4.22. The fraction of sp³-hybridized carbons (Fsp3) is 0.167. The van der Waals surface area contributed by atoms with Crippen molar-refractivity contribution < 1.29 is 4.79 Å². The summed E-state index contributed by atoms with van der Waals surface area (Å²) in [6, 6.07) is 5.09. The largest absolute Gasteiger partial charge is 0.323 e. The van der Waals surface area contributed by atoms with Gasteiger partial charge in [0.25, 0.3) is 0 Å². The van der Waals surface area contributed by atoms with Crippen molar-refractivity contribution in [3.05, 3.63) is 44.3 Å². The third kappa shape index (κ3) is 3.02. The van der Waals surface area contributed by atoms with E-state index in [1.165, 1.54) is 11.3 Å². The highest BCUT2D eigenvalue weighted by Gasteiger charge is 2.12. The maximum Gasteiger partial charge on any atom is 0.229 e. The summed E-state index contributed by atoms with van der Waals surface area (Å²) in [4.78, 5) is 16.9. The van der Waals surface area contributed by atoms with Gasteiger partial charge in [0.05, 0.1) is 33.4 Å². The number of hydrogen-bond acceptors (Lipinski definition) is 3. The van der Waals surface area contributed by atoms with Crippen LogP contribution in [0.3, 0.4) is 0 Å². The monoisotopic (exact) mass is 300 g/mol. The van der Waals surface area contributed by atoms with E-state index in [4.69, 9.17) is 23.2 Å². The fourth-order valence-electron chi connectivity index (χ4n) is 1.44. The Hall–Kier alpha value is -1.10. The number of nitrogens with one attached hydrogen (secondary N) is 1. The Balaban J connectivity index is 2.10. The maximum atomic E-state index is 11.9. The van der Waals surface area contributed by atoms with Gasteiger partial charge in [0, 0.05) is 4.88 Å². The molecule has 0 saturated heterocycles. The van der Waals surface area contributed by atoms with E-state index in [0.29, 0.717) is 15.7 Å². The van der Waals surface area contributed by atoms with Crippen LogP contribution in [-0.2, 0) is 11.2 Å². The number of carbonyl (C=O) groups is 1. The van der Waals surface area contributed by atoms with Crippen molar-refractivity contribution in [3.63, 3.8) is 0 Å². The minimum Gasteiger partial charge on any atom is -0.323 e. The fourth-order valence-corrected chi connectivity index (χ4v) is 2.71. The Bertz CT molecular complexity index is 563. The summed E-state index contributed by atoms with van der Waals surface area (Å²) in [5.41, 5.74) is 3.05. The number of hydrogen-bond donors (Lipinski definition) is 1.